The van der Waals surface area contributed by atoms with E-state index in [1.807, 2.05) is 13.0 Å². The Morgan fingerprint density at radius 3 is 2.72 bits per heavy atom. The van der Waals surface area contributed by atoms with Crippen molar-refractivity contribution in [1.82, 2.24) is 9.88 Å². The van der Waals surface area contributed by atoms with E-state index in [1.54, 1.807) is 32.9 Å². The molecule has 1 fully saturated rings. The summed E-state index contributed by atoms with van der Waals surface area (Å²) in [6.07, 6.45) is 0.584. The van der Waals surface area contributed by atoms with Crippen LogP contribution in [0.1, 0.15) is 57.3 Å². The topological polar surface area (TPSA) is 100.0 Å². The number of hydrogen-bond acceptors (Lipinski definition) is 5. The Balaban J connectivity index is 1.71. The lowest BCUT2D eigenvalue weighted by Gasteiger charge is -2.37. The maximum Gasteiger partial charge on any atom is 0.410 e. The number of aryl methyl sites for hydroxylation is 1. The van der Waals surface area contributed by atoms with Crippen molar-refractivity contribution >= 4 is 23.0 Å². The van der Waals surface area contributed by atoms with E-state index < -0.39 is 35.5 Å². The number of carboxylic acid groups (broad SMARTS) is 1. The number of pyridine rings is 1. The first-order valence-corrected chi connectivity index (χ1v) is 10.9. The fraction of sp³-hybridized carbons (Fsp3) is 0.542. The van der Waals surface area contributed by atoms with E-state index in [2.05, 4.69) is 4.98 Å². The molecule has 3 atom stereocenters. The number of aliphatic hydroxyl groups excluding tert-OH is 1. The van der Waals surface area contributed by atoms with Gasteiger partial charge in [-0.15, -0.1) is 0 Å². The lowest BCUT2D eigenvalue weighted by molar-refractivity contribution is -0.146. The summed E-state index contributed by atoms with van der Waals surface area (Å²) in [5, 5.41) is 21.1. The number of aliphatic carboxylic acids is 1. The van der Waals surface area contributed by atoms with Crippen molar-refractivity contribution in [1.29, 1.82) is 0 Å². The standard InChI is InChI=1S/C24H31FN2O5/c1-14-5-7-19-16(11-14)21(18(25)12-26-19)20(28)8-6-15-9-10-27(13-17(15)22(29)30)23(31)32-24(2,3)4/h5,7,11-12,15,17,20,28H,6,8-10,13H2,1-4H3,(H,29,30)/t15-,17+,20?/m1/s1. The average Bonchev–Trinajstić information content (AvgIpc) is 2.70. The molecular formula is C24H31FN2O5. The smallest absolute Gasteiger partial charge is 0.410 e. The number of carbonyl (C=O) groups is 2. The van der Waals surface area contributed by atoms with Crippen molar-refractivity contribution in [2.75, 3.05) is 13.1 Å². The number of aromatic nitrogens is 1. The van der Waals surface area contributed by atoms with Crippen LogP contribution in [0.4, 0.5) is 9.18 Å². The van der Waals surface area contributed by atoms with Crippen molar-refractivity contribution in [2.24, 2.45) is 11.8 Å². The Bertz CT molecular complexity index is 999. The number of piperidine rings is 1. The Morgan fingerprint density at radius 2 is 2.06 bits per heavy atom. The molecule has 1 aromatic carbocycles. The number of ether oxygens (including phenoxy) is 1. The summed E-state index contributed by atoms with van der Waals surface area (Å²) in [6, 6.07) is 5.45. The van der Waals surface area contributed by atoms with Crippen molar-refractivity contribution in [3.8, 4) is 0 Å². The van der Waals surface area contributed by atoms with Gasteiger partial charge in [0.2, 0.25) is 0 Å². The highest BCUT2D eigenvalue weighted by Crippen LogP contribution is 2.34. The minimum Gasteiger partial charge on any atom is -0.481 e. The molecule has 1 aliphatic rings. The molecule has 3 rings (SSSR count). The molecule has 32 heavy (non-hydrogen) atoms. The third kappa shape index (κ3) is 5.54. The van der Waals surface area contributed by atoms with E-state index in [0.29, 0.717) is 30.3 Å². The average molecular weight is 447 g/mol. The lowest BCUT2D eigenvalue weighted by Crippen LogP contribution is -2.48. The van der Waals surface area contributed by atoms with Gasteiger partial charge in [-0.05, 0) is 65.0 Å². The van der Waals surface area contributed by atoms with Gasteiger partial charge in [0.05, 0.1) is 23.7 Å². The number of carbonyl (C=O) groups excluding carboxylic acids is 1. The second kappa shape index (κ2) is 9.40. The van der Waals surface area contributed by atoms with Gasteiger partial charge in [0.1, 0.15) is 11.4 Å². The zero-order valence-electron chi connectivity index (χ0n) is 19.0. The van der Waals surface area contributed by atoms with Crippen LogP contribution in [0.2, 0.25) is 0 Å². The predicted molar refractivity (Wildman–Crippen MR) is 118 cm³/mol. The highest BCUT2D eigenvalue weighted by atomic mass is 19.1. The third-order valence-corrected chi connectivity index (χ3v) is 5.89. The summed E-state index contributed by atoms with van der Waals surface area (Å²) in [4.78, 5) is 29.8. The zero-order chi connectivity index (χ0) is 23.6. The Labute approximate surface area is 187 Å². The van der Waals surface area contributed by atoms with Crippen LogP contribution in [0.15, 0.2) is 24.4 Å². The van der Waals surface area contributed by atoms with Crippen LogP contribution in [0.5, 0.6) is 0 Å². The Morgan fingerprint density at radius 1 is 1.34 bits per heavy atom. The minimum absolute atomic E-state index is 0.0523. The van der Waals surface area contributed by atoms with Crippen molar-refractivity contribution < 1.29 is 28.9 Å². The second-order valence-corrected chi connectivity index (χ2v) is 9.55. The first kappa shape index (κ1) is 23.9. The van der Waals surface area contributed by atoms with Crippen molar-refractivity contribution in [2.45, 2.75) is 58.7 Å². The number of nitrogens with zero attached hydrogens (tertiary/aromatic N) is 2. The minimum atomic E-state index is -1.08. The quantitative estimate of drug-likeness (QED) is 0.704. The predicted octanol–water partition coefficient (Wildman–Crippen LogP) is 4.45. The summed E-state index contributed by atoms with van der Waals surface area (Å²) >= 11 is 0. The number of benzene rings is 1. The molecule has 0 spiro atoms. The van der Waals surface area contributed by atoms with Gasteiger partial charge < -0.3 is 19.8 Å². The van der Waals surface area contributed by atoms with Crippen LogP contribution in [0.25, 0.3) is 10.9 Å². The van der Waals surface area contributed by atoms with Crippen LogP contribution < -0.4 is 0 Å². The van der Waals surface area contributed by atoms with Crippen LogP contribution in [-0.4, -0.2) is 50.9 Å². The molecule has 174 valence electrons. The number of hydrogen-bond donors (Lipinski definition) is 2. The molecule has 2 aromatic rings. The molecule has 0 radical (unpaired) electrons. The van der Waals surface area contributed by atoms with E-state index in [-0.39, 0.29) is 24.4 Å². The van der Waals surface area contributed by atoms with Crippen molar-refractivity contribution in [3.63, 3.8) is 0 Å². The molecule has 1 amide bonds. The molecule has 2 N–H and O–H groups in total. The largest absolute Gasteiger partial charge is 0.481 e. The lowest BCUT2D eigenvalue weighted by atomic mass is 9.81. The van der Waals surface area contributed by atoms with Gasteiger partial charge in [-0.3, -0.25) is 9.78 Å². The molecule has 2 heterocycles. The molecule has 1 aliphatic heterocycles. The van der Waals surface area contributed by atoms with Crippen LogP contribution >= 0.6 is 0 Å². The van der Waals surface area contributed by atoms with E-state index in [1.165, 1.54) is 4.90 Å². The van der Waals surface area contributed by atoms with Crippen LogP contribution in [0.3, 0.4) is 0 Å². The van der Waals surface area contributed by atoms with E-state index in [4.69, 9.17) is 4.74 Å². The normalized spacial score (nSPS) is 20.2. The third-order valence-electron chi connectivity index (χ3n) is 5.89. The van der Waals surface area contributed by atoms with Crippen LogP contribution in [0, 0.1) is 24.6 Å². The number of aliphatic hydroxyl groups is 1. The van der Waals surface area contributed by atoms with E-state index in [9.17, 15) is 24.2 Å². The first-order valence-electron chi connectivity index (χ1n) is 10.9. The molecule has 0 aliphatic carbocycles. The molecular weight excluding hydrogens is 415 g/mol. The number of halogens is 1. The van der Waals surface area contributed by atoms with Gasteiger partial charge in [0.25, 0.3) is 0 Å². The second-order valence-electron chi connectivity index (χ2n) is 9.55. The van der Waals surface area contributed by atoms with Gasteiger partial charge in [0, 0.05) is 24.0 Å². The summed E-state index contributed by atoms with van der Waals surface area (Å²) in [5.41, 5.74) is 1.06. The number of amides is 1. The van der Waals surface area contributed by atoms with Gasteiger partial charge in [-0.1, -0.05) is 11.6 Å². The van der Waals surface area contributed by atoms with E-state index in [0.717, 1.165) is 11.8 Å². The van der Waals surface area contributed by atoms with Crippen LogP contribution in [-0.2, 0) is 9.53 Å². The summed E-state index contributed by atoms with van der Waals surface area (Å²) in [5.74, 6) is -2.58. The van der Waals surface area contributed by atoms with Gasteiger partial charge in [0.15, 0.2) is 0 Å². The number of likely N-dealkylation sites (tertiary alicyclic amines) is 1. The summed E-state index contributed by atoms with van der Waals surface area (Å²) < 4.78 is 19.9. The van der Waals surface area contributed by atoms with Crippen molar-refractivity contribution in [3.05, 3.63) is 41.3 Å². The summed E-state index contributed by atoms with van der Waals surface area (Å²) in [6.45, 7) is 7.60. The zero-order valence-corrected chi connectivity index (χ0v) is 19.0. The SMILES string of the molecule is Cc1ccc2ncc(F)c(C(O)CC[C@@H]3CCN(C(=O)OC(C)(C)C)C[C@@H]3C(=O)O)c2c1. The fourth-order valence-electron chi connectivity index (χ4n) is 4.28. The fourth-order valence-corrected chi connectivity index (χ4v) is 4.28. The highest BCUT2D eigenvalue weighted by Gasteiger charge is 2.37. The number of carboxylic acids is 1. The number of rotatable bonds is 5. The summed E-state index contributed by atoms with van der Waals surface area (Å²) in [7, 11) is 0. The molecule has 1 aromatic heterocycles. The molecule has 0 bridgehead atoms. The Kier molecular flexibility index (Phi) is 7.03. The first-order chi connectivity index (χ1) is 15.0. The molecule has 0 saturated carbocycles. The molecule has 7 nitrogen and oxygen atoms in total. The molecule has 8 heteroatoms. The Hall–Kier alpha value is -2.74. The highest BCUT2D eigenvalue weighted by molar-refractivity contribution is 5.83. The molecule has 1 saturated heterocycles. The van der Waals surface area contributed by atoms with Gasteiger partial charge in [-0.2, -0.15) is 0 Å². The monoisotopic (exact) mass is 446 g/mol. The molecule has 1 unspecified atom stereocenters. The maximum absolute atomic E-state index is 14.6. The number of fused-ring (bicyclic) bond motifs is 1. The van der Waals surface area contributed by atoms with E-state index >= 15 is 0 Å². The van der Waals surface area contributed by atoms with Gasteiger partial charge in [-0.25, -0.2) is 9.18 Å². The maximum atomic E-state index is 14.6. The van der Waals surface area contributed by atoms with Gasteiger partial charge >= 0.3 is 12.1 Å².